The van der Waals surface area contributed by atoms with E-state index in [2.05, 4.69) is 10.5 Å². The van der Waals surface area contributed by atoms with Crippen LogP contribution in [-0.4, -0.2) is 25.2 Å². The summed E-state index contributed by atoms with van der Waals surface area (Å²) in [6.45, 7) is 0. The van der Waals surface area contributed by atoms with Crippen molar-refractivity contribution in [3.8, 4) is 11.3 Å². The highest BCUT2D eigenvalue weighted by atomic mass is 16.5. The number of benzene rings is 2. The molecule has 1 aromatic heterocycles. The van der Waals surface area contributed by atoms with Gasteiger partial charge in [0.1, 0.15) is 0 Å². The molecule has 0 spiro atoms. The standard InChI is InChI=1S/C18H17N3O2/c1-21(2)15-10-8-14(9-11-15)19-18(22)16-12-17(23-20-16)13-6-4-3-5-7-13/h3-12H,1-2H3,(H,19,22). The van der Waals surface area contributed by atoms with E-state index in [4.69, 9.17) is 4.52 Å². The number of amides is 1. The third-order valence-electron chi connectivity index (χ3n) is 3.44. The number of carbonyl (C=O) groups excluding carboxylic acids is 1. The molecule has 3 rings (SSSR count). The quantitative estimate of drug-likeness (QED) is 0.799. The lowest BCUT2D eigenvalue weighted by atomic mass is 10.1. The molecule has 0 unspecified atom stereocenters. The van der Waals surface area contributed by atoms with Crippen molar-refractivity contribution in [2.45, 2.75) is 0 Å². The van der Waals surface area contributed by atoms with Crippen molar-refractivity contribution < 1.29 is 9.32 Å². The molecular formula is C18H17N3O2. The van der Waals surface area contributed by atoms with Crippen LogP contribution < -0.4 is 10.2 Å². The van der Waals surface area contributed by atoms with Crippen molar-refractivity contribution in [1.29, 1.82) is 0 Å². The summed E-state index contributed by atoms with van der Waals surface area (Å²) in [5.41, 5.74) is 2.91. The summed E-state index contributed by atoms with van der Waals surface area (Å²) in [6.07, 6.45) is 0. The SMILES string of the molecule is CN(C)c1ccc(NC(=O)c2cc(-c3ccccc3)on2)cc1. The van der Waals surface area contributed by atoms with Crippen molar-refractivity contribution in [2.75, 3.05) is 24.3 Å². The molecule has 0 atom stereocenters. The monoisotopic (exact) mass is 307 g/mol. The highest BCUT2D eigenvalue weighted by Crippen LogP contribution is 2.21. The summed E-state index contributed by atoms with van der Waals surface area (Å²) in [6, 6.07) is 18.8. The van der Waals surface area contributed by atoms with Gasteiger partial charge in [0.15, 0.2) is 11.5 Å². The van der Waals surface area contributed by atoms with Crippen LogP contribution in [0, 0.1) is 0 Å². The lowest BCUT2D eigenvalue weighted by molar-refractivity contribution is 0.101. The maximum Gasteiger partial charge on any atom is 0.277 e. The van der Waals surface area contributed by atoms with Crippen molar-refractivity contribution in [3.05, 3.63) is 66.4 Å². The van der Waals surface area contributed by atoms with E-state index >= 15 is 0 Å². The molecule has 116 valence electrons. The van der Waals surface area contributed by atoms with Gasteiger partial charge in [-0.05, 0) is 24.3 Å². The van der Waals surface area contributed by atoms with Crippen molar-refractivity contribution in [3.63, 3.8) is 0 Å². The van der Waals surface area contributed by atoms with Crippen LogP contribution >= 0.6 is 0 Å². The maximum atomic E-state index is 12.2. The Morgan fingerprint density at radius 2 is 1.74 bits per heavy atom. The average molecular weight is 307 g/mol. The van der Waals surface area contributed by atoms with Crippen LogP contribution in [0.3, 0.4) is 0 Å². The molecule has 0 bridgehead atoms. The molecule has 1 N–H and O–H groups in total. The molecule has 5 nitrogen and oxygen atoms in total. The van der Waals surface area contributed by atoms with Crippen molar-refractivity contribution >= 4 is 17.3 Å². The van der Waals surface area contributed by atoms with Gasteiger partial charge in [-0.1, -0.05) is 35.5 Å². The third kappa shape index (κ3) is 3.40. The number of nitrogens with zero attached hydrogens (tertiary/aromatic N) is 2. The molecule has 0 radical (unpaired) electrons. The van der Waals surface area contributed by atoms with Crippen LogP contribution in [0.2, 0.25) is 0 Å². The first-order valence-corrected chi connectivity index (χ1v) is 7.24. The van der Waals surface area contributed by atoms with Crippen LogP contribution in [0.4, 0.5) is 11.4 Å². The van der Waals surface area contributed by atoms with Gasteiger partial charge < -0.3 is 14.7 Å². The van der Waals surface area contributed by atoms with Crippen LogP contribution in [0.15, 0.2) is 65.2 Å². The second-order valence-electron chi connectivity index (χ2n) is 5.34. The van der Waals surface area contributed by atoms with E-state index in [1.807, 2.05) is 73.6 Å². The second kappa shape index (κ2) is 6.36. The molecule has 0 saturated carbocycles. The van der Waals surface area contributed by atoms with E-state index in [-0.39, 0.29) is 11.6 Å². The fourth-order valence-corrected chi connectivity index (χ4v) is 2.16. The van der Waals surface area contributed by atoms with Gasteiger partial charge in [0.25, 0.3) is 5.91 Å². The number of rotatable bonds is 4. The van der Waals surface area contributed by atoms with Gasteiger partial charge in [-0.15, -0.1) is 0 Å². The maximum absolute atomic E-state index is 12.2. The lowest BCUT2D eigenvalue weighted by Crippen LogP contribution is -2.12. The van der Waals surface area contributed by atoms with E-state index in [1.165, 1.54) is 0 Å². The van der Waals surface area contributed by atoms with Crippen molar-refractivity contribution in [1.82, 2.24) is 5.16 Å². The van der Waals surface area contributed by atoms with Crippen LogP contribution in [-0.2, 0) is 0 Å². The number of hydrogen-bond acceptors (Lipinski definition) is 4. The first-order valence-electron chi connectivity index (χ1n) is 7.24. The summed E-state index contributed by atoms with van der Waals surface area (Å²) in [5.74, 6) is 0.271. The zero-order valence-electron chi connectivity index (χ0n) is 13.0. The summed E-state index contributed by atoms with van der Waals surface area (Å²) in [7, 11) is 3.93. The normalized spacial score (nSPS) is 10.3. The van der Waals surface area contributed by atoms with Gasteiger partial charge in [0.2, 0.25) is 0 Å². The minimum Gasteiger partial charge on any atom is -0.378 e. The molecule has 1 amide bonds. The lowest BCUT2D eigenvalue weighted by Gasteiger charge is -2.12. The average Bonchev–Trinajstić information content (AvgIpc) is 3.06. The topological polar surface area (TPSA) is 58.4 Å². The van der Waals surface area contributed by atoms with Crippen molar-refractivity contribution in [2.24, 2.45) is 0 Å². The minimum atomic E-state index is -0.298. The van der Waals surface area contributed by atoms with E-state index in [0.717, 1.165) is 11.3 Å². The Labute approximate surface area is 134 Å². The fourth-order valence-electron chi connectivity index (χ4n) is 2.16. The Morgan fingerprint density at radius 3 is 2.39 bits per heavy atom. The molecule has 2 aromatic carbocycles. The zero-order valence-corrected chi connectivity index (χ0v) is 13.0. The van der Waals surface area contributed by atoms with Crippen LogP contribution in [0.25, 0.3) is 11.3 Å². The Morgan fingerprint density at radius 1 is 1.04 bits per heavy atom. The number of carbonyl (C=O) groups is 1. The van der Waals surface area contributed by atoms with Gasteiger partial charge in [-0.2, -0.15) is 0 Å². The van der Waals surface area contributed by atoms with E-state index in [1.54, 1.807) is 6.07 Å². The van der Waals surface area contributed by atoms with Gasteiger partial charge in [-0.3, -0.25) is 4.79 Å². The third-order valence-corrected chi connectivity index (χ3v) is 3.44. The van der Waals surface area contributed by atoms with E-state index < -0.39 is 0 Å². The Hall–Kier alpha value is -3.08. The van der Waals surface area contributed by atoms with Gasteiger partial charge in [0.05, 0.1) is 0 Å². The number of hydrogen-bond donors (Lipinski definition) is 1. The Balaban J connectivity index is 1.72. The molecule has 0 saturated heterocycles. The largest absolute Gasteiger partial charge is 0.378 e. The van der Waals surface area contributed by atoms with E-state index in [0.29, 0.717) is 11.4 Å². The molecule has 0 aliphatic carbocycles. The molecule has 0 aliphatic rings. The number of aromatic nitrogens is 1. The van der Waals surface area contributed by atoms with Gasteiger partial charge in [0, 0.05) is 37.1 Å². The molecule has 5 heteroatoms. The predicted molar refractivity (Wildman–Crippen MR) is 90.7 cm³/mol. The zero-order chi connectivity index (χ0) is 16.2. The van der Waals surface area contributed by atoms with Gasteiger partial charge >= 0.3 is 0 Å². The van der Waals surface area contributed by atoms with E-state index in [9.17, 15) is 4.79 Å². The summed E-state index contributed by atoms with van der Waals surface area (Å²) in [4.78, 5) is 14.2. The minimum absolute atomic E-state index is 0.250. The Kier molecular flexibility index (Phi) is 4.10. The number of nitrogens with one attached hydrogen (secondary N) is 1. The Bertz CT molecular complexity index is 793. The second-order valence-corrected chi connectivity index (χ2v) is 5.34. The molecule has 0 aliphatic heterocycles. The molecule has 23 heavy (non-hydrogen) atoms. The molecular weight excluding hydrogens is 290 g/mol. The van der Waals surface area contributed by atoms with Crippen LogP contribution in [0.1, 0.15) is 10.5 Å². The highest BCUT2D eigenvalue weighted by Gasteiger charge is 2.13. The predicted octanol–water partition coefficient (Wildman–Crippen LogP) is 3.66. The fraction of sp³-hybridized carbons (Fsp3) is 0.111. The summed E-state index contributed by atoms with van der Waals surface area (Å²) in [5, 5.41) is 6.65. The first kappa shape index (κ1) is 14.8. The summed E-state index contributed by atoms with van der Waals surface area (Å²) >= 11 is 0. The molecule has 3 aromatic rings. The van der Waals surface area contributed by atoms with Gasteiger partial charge in [-0.25, -0.2) is 0 Å². The first-order chi connectivity index (χ1) is 11.1. The molecule has 1 heterocycles. The van der Waals surface area contributed by atoms with Crippen LogP contribution in [0.5, 0.6) is 0 Å². The smallest absolute Gasteiger partial charge is 0.277 e. The highest BCUT2D eigenvalue weighted by molar-refractivity contribution is 6.03. The number of anilines is 2. The summed E-state index contributed by atoms with van der Waals surface area (Å²) < 4.78 is 5.24. The molecule has 0 fully saturated rings.